The van der Waals surface area contributed by atoms with E-state index in [4.69, 9.17) is 5.14 Å². The summed E-state index contributed by atoms with van der Waals surface area (Å²) in [6.45, 7) is 1.78. The van der Waals surface area contributed by atoms with E-state index in [9.17, 15) is 13.5 Å². The van der Waals surface area contributed by atoms with E-state index in [1.54, 1.807) is 6.07 Å². The Bertz CT molecular complexity index is 493. The van der Waals surface area contributed by atoms with Crippen molar-refractivity contribution >= 4 is 15.7 Å². The topological polar surface area (TPSA) is 83.6 Å². The molecule has 88 valence electrons. The van der Waals surface area contributed by atoms with Gasteiger partial charge in [-0.3, -0.25) is 0 Å². The zero-order chi connectivity index (χ0) is 11.8. The van der Waals surface area contributed by atoms with Gasteiger partial charge in [0.1, 0.15) is 5.75 Å². The highest BCUT2D eigenvalue weighted by molar-refractivity contribution is 7.89. The van der Waals surface area contributed by atoms with Gasteiger partial charge in [0.25, 0.3) is 0 Å². The smallest absolute Gasteiger partial charge is 0.238 e. The van der Waals surface area contributed by atoms with Crippen molar-refractivity contribution in [2.45, 2.75) is 17.7 Å². The second-order valence-electron chi connectivity index (χ2n) is 3.89. The van der Waals surface area contributed by atoms with E-state index in [0.717, 1.165) is 25.9 Å². The summed E-state index contributed by atoms with van der Waals surface area (Å²) in [5, 5.41) is 14.7. The van der Waals surface area contributed by atoms with Gasteiger partial charge in [0.15, 0.2) is 0 Å². The number of hydrogen-bond acceptors (Lipinski definition) is 4. The van der Waals surface area contributed by atoms with Gasteiger partial charge in [-0.25, -0.2) is 13.6 Å². The molecule has 1 saturated heterocycles. The highest BCUT2D eigenvalue weighted by atomic mass is 32.2. The summed E-state index contributed by atoms with van der Waals surface area (Å²) >= 11 is 0. The van der Waals surface area contributed by atoms with E-state index >= 15 is 0 Å². The molecule has 1 aromatic rings. The van der Waals surface area contributed by atoms with Gasteiger partial charge in [0.2, 0.25) is 10.0 Å². The lowest BCUT2D eigenvalue weighted by Crippen LogP contribution is -2.18. The Morgan fingerprint density at radius 3 is 2.38 bits per heavy atom. The zero-order valence-corrected chi connectivity index (χ0v) is 9.57. The largest absolute Gasteiger partial charge is 0.506 e. The second-order valence-corrected chi connectivity index (χ2v) is 5.45. The molecule has 1 aliphatic heterocycles. The molecule has 5 nitrogen and oxygen atoms in total. The molecule has 0 radical (unpaired) electrons. The minimum absolute atomic E-state index is 0.0339. The summed E-state index contributed by atoms with van der Waals surface area (Å²) in [5.41, 5.74) is 0.671. The number of phenols is 1. The molecule has 1 heterocycles. The Hall–Kier alpha value is -1.27. The number of primary sulfonamides is 1. The van der Waals surface area contributed by atoms with E-state index < -0.39 is 10.0 Å². The fourth-order valence-corrected chi connectivity index (χ4v) is 2.44. The molecule has 1 aliphatic rings. The van der Waals surface area contributed by atoms with Crippen molar-refractivity contribution in [2.75, 3.05) is 18.0 Å². The molecule has 1 aromatic carbocycles. The maximum Gasteiger partial charge on any atom is 0.238 e. The minimum atomic E-state index is -3.74. The van der Waals surface area contributed by atoms with Gasteiger partial charge >= 0.3 is 0 Å². The zero-order valence-electron chi connectivity index (χ0n) is 8.76. The summed E-state index contributed by atoms with van der Waals surface area (Å²) in [7, 11) is -3.74. The van der Waals surface area contributed by atoms with Crippen LogP contribution in [0, 0.1) is 0 Å². The quantitative estimate of drug-likeness (QED) is 0.797. The summed E-state index contributed by atoms with van der Waals surface area (Å²) in [6.07, 6.45) is 2.19. The molecule has 1 fully saturated rings. The predicted octanol–water partition coefficient (Wildman–Crippen LogP) is 0.640. The first-order chi connectivity index (χ1) is 7.48. The Labute approximate surface area is 94.5 Å². The molecule has 0 unspecified atom stereocenters. The van der Waals surface area contributed by atoms with Gasteiger partial charge in [-0.05, 0) is 25.0 Å². The van der Waals surface area contributed by atoms with Crippen molar-refractivity contribution in [3.05, 3.63) is 18.2 Å². The maximum atomic E-state index is 11.1. The highest BCUT2D eigenvalue weighted by Gasteiger charge is 2.17. The first-order valence-corrected chi connectivity index (χ1v) is 6.64. The Balaban J connectivity index is 2.37. The number of phenolic OH excluding ortho intramolecular Hbond substituents is 1. The third-order valence-electron chi connectivity index (χ3n) is 2.72. The number of hydrogen-bond donors (Lipinski definition) is 2. The average Bonchev–Trinajstić information content (AvgIpc) is 2.69. The summed E-state index contributed by atoms with van der Waals surface area (Å²) in [4.78, 5) is 1.97. The molecule has 2 rings (SSSR count). The minimum Gasteiger partial charge on any atom is -0.506 e. The highest BCUT2D eigenvalue weighted by Crippen LogP contribution is 2.31. The number of benzene rings is 1. The molecule has 0 aliphatic carbocycles. The van der Waals surface area contributed by atoms with E-state index in [0.29, 0.717) is 5.69 Å². The van der Waals surface area contributed by atoms with Crippen LogP contribution in [0.2, 0.25) is 0 Å². The standard InChI is InChI=1S/C10H14N2O3S/c11-16(14,15)8-3-4-9(10(13)7-8)12-5-1-2-6-12/h3-4,7,13H,1-2,5-6H2,(H2,11,14,15). The molecule has 0 bridgehead atoms. The lowest BCUT2D eigenvalue weighted by molar-refractivity contribution is 0.472. The fourth-order valence-electron chi connectivity index (χ4n) is 1.91. The van der Waals surface area contributed by atoms with Crippen LogP contribution >= 0.6 is 0 Å². The summed E-state index contributed by atoms with van der Waals surface area (Å²) in [6, 6.07) is 4.21. The first kappa shape index (κ1) is 11.2. The average molecular weight is 242 g/mol. The molecule has 3 N–H and O–H groups in total. The van der Waals surface area contributed by atoms with Crippen LogP contribution < -0.4 is 10.0 Å². The molecule has 0 saturated carbocycles. The van der Waals surface area contributed by atoms with Gasteiger partial charge in [0, 0.05) is 19.2 Å². The van der Waals surface area contributed by atoms with Crippen LogP contribution in [0.1, 0.15) is 12.8 Å². The molecule has 6 heteroatoms. The van der Waals surface area contributed by atoms with E-state index in [1.807, 2.05) is 4.90 Å². The molecular formula is C10H14N2O3S. The molecule has 0 spiro atoms. The van der Waals surface area contributed by atoms with Crippen molar-refractivity contribution in [3.63, 3.8) is 0 Å². The molecule has 0 aromatic heterocycles. The first-order valence-electron chi connectivity index (χ1n) is 5.09. The predicted molar refractivity (Wildman–Crippen MR) is 60.9 cm³/mol. The second kappa shape index (κ2) is 3.95. The molecular weight excluding hydrogens is 228 g/mol. The molecule has 16 heavy (non-hydrogen) atoms. The van der Waals surface area contributed by atoms with Crippen molar-refractivity contribution < 1.29 is 13.5 Å². The summed E-state index contributed by atoms with van der Waals surface area (Å²) in [5.74, 6) is -0.0339. The number of rotatable bonds is 2. The molecule has 0 amide bonds. The van der Waals surface area contributed by atoms with Crippen molar-refractivity contribution in [1.82, 2.24) is 0 Å². The SMILES string of the molecule is NS(=O)(=O)c1ccc(N2CCCC2)c(O)c1. The Morgan fingerprint density at radius 2 is 1.88 bits per heavy atom. The number of anilines is 1. The third kappa shape index (κ3) is 2.12. The number of nitrogens with zero attached hydrogens (tertiary/aromatic N) is 1. The van der Waals surface area contributed by atoms with Crippen LogP contribution in [0.4, 0.5) is 5.69 Å². The van der Waals surface area contributed by atoms with E-state index in [2.05, 4.69) is 0 Å². The third-order valence-corrected chi connectivity index (χ3v) is 3.63. The Morgan fingerprint density at radius 1 is 1.25 bits per heavy atom. The van der Waals surface area contributed by atoms with Gasteiger partial charge in [0.05, 0.1) is 10.6 Å². The monoisotopic (exact) mass is 242 g/mol. The lowest BCUT2D eigenvalue weighted by atomic mass is 10.2. The Kier molecular flexibility index (Phi) is 2.77. The van der Waals surface area contributed by atoms with Crippen LogP contribution in [0.3, 0.4) is 0 Å². The maximum absolute atomic E-state index is 11.1. The molecule has 0 atom stereocenters. The van der Waals surface area contributed by atoms with E-state index in [-0.39, 0.29) is 10.6 Å². The number of aromatic hydroxyl groups is 1. The lowest BCUT2D eigenvalue weighted by Gasteiger charge is -2.19. The van der Waals surface area contributed by atoms with Gasteiger partial charge in [-0.1, -0.05) is 0 Å². The van der Waals surface area contributed by atoms with Crippen molar-refractivity contribution in [3.8, 4) is 5.75 Å². The number of sulfonamides is 1. The van der Waals surface area contributed by atoms with Crippen LogP contribution in [0.5, 0.6) is 5.75 Å². The van der Waals surface area contributed by atoms with Crippen LogP contribution in [0.15, 0.2) is 23.1 Å². The summed E-state index contributed by atoms with van der Waals surface area (Å²) < 4.78 is 22.1. The van der Waals surface area contributed by atoms with Gasteiger partial charge in [-0.2, -0.15) is 0 Å². The van der Waals surface area contributed by atoms with Crippen LogP contribution in [-0.2, 0) is 10.0 Å². The van der Waals surface area contributed by atoms with Gasteiger partial charge < -0.3 is 10.0 Å². The van der Waals surface area contributed by atoms with Crippen LogP contribution in [0.25, 0.3) is 0 Å². The van der Waals surface area contributed by atoms with E-state index in [1.165, 1.54) is 12.1 Å². The van der Waals surface area contributed by atoms with Crippen LogP contribution in [-0.4, -0.2) is 26.6 Å². The fraction of sp³-hybridized carbons (Fsp3) is 0.400. The van der Waals surface area contributed by atoms with Crippen molar-refractivity contribution in [1.29, 1.82) is 0 Å². The number of nitrogens with two attached hydrogens (primary N) is 1. The van der Waals surface area contributed by atoms with Crippen molar-refractivity contribution in [2.24, 2.45) is 5.14 Å². The van der Waals surface area contributed by atoms with Gasteiger partial charge in [-0.15, -0.1) is 0 Å². The normalized spacial score (nSPS) is 16.7.